The molecule has 10 amide bonds. The van der Waals surface area contributed by atoms with Crippen molar-refractivity contribution in [3.05, 3.63) is 0 Å². The molecule has 0 bridgehead atoms. The van der Waals surface area contributed by atoms with Crippen molar-refractivity contribution in [2.45, 2.75) is 109 Å². The molecule has 0 radical (unpaired) electrons. The molecule has 0 aliphatic carbocycles. The van der Waals surface area contributed by atoms with E-state index in [1.807, 2.05) is 0 Å². The number of likely N-dealkylation sites (tertiary alicyclic amines) is 1. The summed E-state index contributed by atoms with van der Waals surface area (Å²) in [5.74, 6) is -8.26. The standard InChI is InChI=1S/C35H57N11O12/c1-18(2)13-23(45-34(57)22(9-10-25(36)47)44-31(54)20(4)43-33(56)21-7-5-11-37-21)32(55)39-14-26(48)38-15-27(49)42-19(3)30(53)40-16-28(50)46-12-6-8-24(46)35(58)41-17-29(51)52/h18-24,37H,5-17H2,1-4H3,(H2,36,47)(H,38,48)(H,39,55)(H,40,53)(H,41,58)(H,42,49)(H,43,56)(H,44,54)(H,45,57)(H,51,52)/t19-,20-,21-,22-,23-,24-/m0/s1. The quantitative estimate of drug-likeness (QED) is 0.0459. The Balaban J connectivity index is 1.85. The lowest BCUT2D eigenvalue weighted by Crippen LogP contribution is -2.57. The van der Waals surface area contributed by atoms with E-state index in [9.17, 15) is 52.7 Å². The molecule has 2 saturated heterocycles. The Kier molecular flexibility index (Phi) is 20.0. The van der Waals surface area contributed by atoms with Crippen LogP contribution in [0, 0.1) is 5.92 Å². The predicted octanol–water partition coefficient (Wildman–Crippen LogP) is -5.43. The lowest BCUT2D eigenvalue weighted by Gasteiger charge is -2.25. The van der Waals surface area contributed by atoms with Crippen LogP contribution < -0.4 is 53.6 Å². The molecule has 0 aromatic carbocycles. The van der Waals surface area contributed by atoms with Crippen LogP contribution in [0.2, 0.25) is 0 Å². The molecule has 0 aromatic rings. The zero-order valence-corrected chi connectivity index (χ0v) is 33.2. The van der Waals surface area contributed by atoms with Crippen LogP contribution in [0.5, 0.6) is 0 Å². The lowest BCUT2D eigenvalue weighted by atomic mass is 10.0. The Hall–Kier alpha value is -5.87. The first kappa shape index (κ1) is 48.3. The van der Waals surface area contributed by atoms with E-state index in [2.05, 4.69) is 47.9 Å². The van der Waals surface area contributed by atoms with Gasteiger partial charge in [-0.05, 0) is 64.8 Å². The van der Waals surface area contributed by atoms with Gasteiger partial charge >= 0.3 is 5.97 Å². The molecule has 23 nitrogen and oxygen atoms in total. The Morgan fingerprint density at radius 1 is 0.672 bits per heavy atom. The molecule has 6 atom stereocenters. The molecule has 2 aliphatic heterocycles. The van der Waals surface area contributed by atoms with Crippen molar-refractivity contribution in [1.29, 1.82) is 0 Å². The molecule has 2 heterocycles. The summed E-state index contributed by atoms with van der Waals surface area (Å²) < 4.78 is 0. The molecule has 0 spiro atoms. The maximum absolute atomic E-state index is 13.3. The lowest BCUT2D eigenvalue weighted by molar-refractivity contribution is -0.141. The Morgan fingerprint density at radius 3 is 1.93 bits per heavy atom. The Labute approximate surface area is 335 Å². The SMILES string of the molecule is CC(C)C[C@H](NC(=O)[C@H](CCC(N)=O)NC(=O)[C@H](C)NC(=O)[C@@H]1CCCN1)C(=O)NCC(=O)NCC(=O)N[C@@H](C)C(=O)NCC(=O)N1CCC[C@H]1C(=O)NCC(=O)O. The summed E-state index contributed by atoms with van der Waals surface area (Å²) in [6.07, 6.45) is 1.89. The molecule has 2 fully saturated rings. The first-order valence-electron chi connectivity index (χ1n) is 19.1. The van der Waals surface area contributed by atoms with Crippen LogP contribution in [-0.4, -0.2) is 151 Å². The van der Waals surface area contributed by atoms with Gasteiger partial charge in [-0.3, -0.25) is 52.7 Å². The highest BCUT2D eigenvalue weighted by molar-refractivity contribution is 5.97. The number of hydrogen-bond acceptors (Lipinski definition) is 12. The number of nitrogens with zero attached hydrogens (tertiary/aromatic N) is 1. The van der Waals surface area contributed by atoms with Crippen LogP contribution in [0.4, 0.5) is 0 Å². The fourth-order valence-electron chi connectivity index (χ4n) is 6.04. The van der Waals surface area contributed by atoms with E-state index in [1.54, 1.807) is 13.8 Å². The van der Waals surface area contributed by atoms with E-state index in [1.165, 1.54) is 18.7 Å². The van der Waals surface area contributed by atoms with Gasteiger partial charge in [0.2, 0.25) is 59.1 Å². The third-order valence-electron chi connectivity index (χ3n) is 9.12. The highest BCUT2D eigenvalue weighted by Crippen LogP contribution is 2.17. The number of aliphatic carboxylic acids is 1. The summed E-state index contributed by atoms with van der Waals surface area (Å²) in [4.78, 5) is 138. The highest BCUT2D eigenvalue weighted by atomic mass is 16.4. The summed E-state index contributed by atoms with van der Waals surface area (Å²) in [6, 6.07) is -5.98. The van der Waals surface area contributed by atoms with Crippen molar-refractivity contribution in [2.24, 2.45) is 11.7 Å². The molecule has 12 N–H and O–H groups in total. The van der Waals surface area contributed by atoms with Crippen molar-refractivity contribution in [1.82, 2.24) is 52.8 Å². The molecule has 0 aromatic heterocycles. The molecule has 2 rings (SSSR count). The number of amides is 10. The molecular weight excluding hydrogens is 766 g/mol. The third-order valence-corrected chi connectivity index (χ3v) is 9.12. The first-order valence-corrected chi connectivity index (χ1v) is 19.1. The maximum atomic E-state index is 13.3. The van der Waals surface area contributed by atoms with Crippen molar-refractivity contribution >= 4 is 65.0 Å². The van der Waals surface area contributed by atoms with Crippen LogP contribution in [0.1, 0.15) is 72.6 Å². The van der Waals surface area contributed by atoms with E-state index in [0.29, 0.717) is 25.8 Å². The second-order valence-electron chi connectivity index (χ2n) is 14.5. The van der Waals surface area contributed by atoms with Gasteiger partial charge in [0.1, 0.15) is 36.8 Å². The van der Waals surface area contributed by atoms with Crippen LogP contribution in [0.25, 0.3) is 0 Å². The fraction of sp³-hybridized carbons (Fsp3) is 0.686. The summed E-state index contributed by atoms with van der Waals surface area (Å²) in [7, 11) is 0. The monoisotopic (exact) mass is 823 g/mol. The average molecular weight is 824 g/mol. The molecular formula is C35H57N11O12. The smallest absolute Gasteiger partial charge is 0.322 e. The summed E-state index contributed by atoms with van der Waals surface area (Å²) in [6.45, 7) is 4.95. The number of carboxylic acids is 1. The van der Waals surface area contributed by atoms with Gasteiger partial charge in [0.25, 0.3) is 0 Å². The molecule has 324 valence electrons. The number of carbonyl (C=O) groups excluding carboxylic acids is 10. The number of carboxylic acid groups (broad SMARTS) is 1. The van der Waals surface area contributed by atoms with Gasteiger partial charge in [-0.15, -0.1) is 0 Å². The molecule has 0 unspecified atom stereocenters. The summed E-state index contributed by atoms with van der Waals surface area (Å²) in [5.41, 5.74) is 5.27. The van der Waals surface area contributed by atoms with Crippen LogP contribution in [-0.2, 0) is 52.7 Å². The number of carbonyl (C=O) groups is 11. The van der Waals surface area contributed by atoms with Gasteiger partial charge < -0.3 is 63.6 Å². The van der Waals surface area contributed by atoms with Gasteiger partial charge in [-0.2, -0.15) is 0 Å². The number of nitrogens with two attached hydrogens (primary N) is 1. The van der Waals surface area contributed by atoms with Crippen molar-refractivity contribution in [3.63, 3.8) is 0 Å². The second kappa shape index (κ2) is 24.0. The van der Waals surface area contributed by atoms with E-state index >= 15 is 0 Å². The largest absolute Gasteiger partial charge is 0.480 e. The topological polar surface area (TPSA) is 346 Å². The zero-order chi connectivity index (χ0) is 43.5. The summed E-state index contributed by atoms with van der Waals surface area (Å²) in [5, 5.41) is 31.0. The minimum Gasteiger partial charge on any atom is -0.480 e. The fourth-order valence-corrected chi connectivity index (χ4v) is 6.04. The predicted molar refractivity (Wildman–Crippen MR) is 202 cm³/mol. The number of nitrogens with one attached hydrogen (secondary N) is 9. The third kappa shape index (κ3) is 17.1. The zero-order valence-electron chi connectivity index (χ0n) is 33.2. The van der Waals surface area contributed by atoms with Gasteiger partial charge in [-0.1, -0.05) is 13.8 Å². The van der Waals surface area contributed by atoms with Crippen molar-refractivity contribution in [2.75, 3.05) is 39.3 Å². The van der Waals surface area contributed by atoms with E-state index in [0.717, 1.165) is 6.42 Å². The van der Waals surface area contributed by atoms with E-state index in [4.69, 9.17) is 10.8 Å². The second-order valence-corrected chi connectivity index (χ2v) is 14.5. The highest BCUT2D eigenvalue weighted by Gasteiger charge is 2.35. The average Bonchev–Trinajstić information content (AvgIpc) is 3.89. The Bertz CT molecular complexity index is 1550. The minimum atomic E-state index is -1.30. The van der Waals surface area contributed by atoms with Gasteiger partial charge in [0, 0.05) is 13.0 Å². The van der Waals surface area contributed by atoms with Crippen LogP contribution >= 0.6 is 0 Å². The van der Waals surface area contributed by atoms with Crippen LogP contribution in [0.15, 0.2) is 0 Å². The molecule has 2 aliphatic rings. The van der Waals surface area contributed by atoms with Gasteiger partial charge in [0.05, 0.1) is 25.7 Å². The molecule has 0 saturated carbocycles. The maximum Gasteiger partial charge on any atom is 0.322 e. The van der Waals surface area contributed by atoms with Crippen LogP contribution in [0.3, 0.4) is 0 Å². The minimum absolute atomic E-state index is 0.116. The summed E-state index contributed by atoms with van der Waals surface area (Å²) >= 11 is 0. The van der Waals surface area contributed by atoms with Crippen molar-refractivity contribution in [3.8, 4) is 0 Å². The number of hydrogen-bond donors (Lipinski definition) is 11. The normalized spacial score (nSPS) is 18.1. The van der Waals surface area contributed by atoms with Gasteiger partial charge in [-0.25, -0.2) is 0 Å². The molecule has 23 heteroatoms. The number of primary amides is 1. The van der Waals surface area contributed by atoms with Crippen molar-refractivity contribution < 1.29 is 57.8 Å². The van der Waals surface area contributed by atoms with Gasteiger partial charge in [0.15, 0.2) is 0 Å². The Morgan fingerprint density at radius 2 is 1.31 bits per heavy atom. The first-order chi connectivity index (χ1) is 27.3. The van der Waals surface area contributed by atoms with E-state index < -0.39 is 122 Å². The van der Waals surface area contributed by atoms with E-state index in [-0.39, 0.29) is 37.6 Å². The number of rotatable bonds is 23. The molecule has 58 heavy (non-hydrogen) atoms.